The van der Waals surface area contributed by atoms with E-state index in [2.05, 4.69) is 35.9 Å². The predicted octanol–water partition coefficient (Wildman–Crippen LogP) is 5.55. The minimum absolute atomic E-state index is 0.136. The van der Waals surface area contributed by atoms with E-state index < -0.39 is 5.92 Å². The number of nitriles is 2. The molecule has 3 amide bonds. The van der Waals surface area contributed by atoms with Gasteiger partial charge in [-0.05, 0) is 91.9 Å². The van der Waals surface area contributed by atoms with Crippen LogP contribution in [0.3, 0.4) is 0 Å². The van der Waals surface area contributed by atoms with Crippen LogP contribution in [0.25, 0.3) is 0 Å². The molecule has 0 aliphatic carbocycles. The number of aryl methyl sites for hydroxylation is 2. The van der Waals surface area contributed by atoms with Gasteiger partial charge in [-0.1, -0.05) is 37.3 Å². The molecular formula is C36H42N6O2. The number of hydrogen-bond donors (Lipinski definition) is 0. The molecule has 0 aromatic heterocycles. The summed E-state index contributed by atoms with van der Waals surface area (Å²) in [6.07, 6.45) is 0.905. The number of hydrogen-bond acceptors (Lipinski definition) is 6. The van der Waals surface area contributed by atoms with Crippen LogP contribution in [-0.4, -0.2) is 74.1 Å². The molecule has 1 fully saturated rings. The second-order valence-electron chi connectivity index (χ2n) is 12.5. The highest BCUT2D eigenvalue weighted by molar-refractivity contribution is 6.15. The standard InChI is InChI=1S/C36H42N6O2/c1-25-15-26(2)18-32(17-25)42(36(44)39(4)5)35(43)34-23-41(22-33(34)31-13-11-30(20-38)12-14-31)24-40(6)21-27(3)16-28-7-9-29(19-37)10-8-28/h7-15,17-18,27,33-34H,16,21-24H2,1-6H3/t27-,33+,34+/m1/s1. The molecule has 0 radical (unpaired) electrons. The van der Waals surface area contributed by atoms with Crippen LogP contribution in [0.15, 0.2) is 66.7 Å². The highest BCUT2D eigenvalue weighted by Gasteiger charge is 2.43. The predicted molar refractivity (Wildman–Crippen MR) is 173 cm³/mol. The molecule has 4 rings (SSSR count). The minimum Gasteiger partial charge on any atom is -0.330 e. The van der Waals surface area contributed by atoms with E-state index in [9.17, 15) is 14.9 Å². The third-order valence-electron chi connectivity index (χ3n) is 8.17. The molecule has 1 aliphatic rings. The Bertz CT molecular complexity index is 1530. The fraction of sp³-hybridized carbons (Fsp3) is 0.389. The Morgan fingerprint density at radius 3 is 2.00 bits per heavy atom. The van der Waals surface area contributed by atoms with Gasteiger partial charge in [0, 0.05) is 39.6 Å². The fourth-order valence-electron chi connectivity index (χ4n) is 6.28. The maximum atomic E-state index is 14.4. The Hall–Kier alpha value is -4.50. The van der Waals surface area contributed by atoms with Gasteiger partial charge in [-0.15, -0.1) is 0 Å². The van der Waals surface area contributed by atoms with Gasteiger partial charge in [0.1, 0.15) is 0 Å². The van der Waals surface area contributed by atoms with Gasteiger partial charge in [-0.3, -0.25) is 14.6 Å². The molecule has 3 aromatic rings. The van der Waals surface area contributed by atoms with Crippen molar-refractivity contribution in [3.05, 3.63) is 100 Å². The van der Waals surface area contributed by atoms with Gasteiger partial charge in [0.15, 0.2) is 0 Å². The van der Waals surface area contributed by atoms with Crippen molar-refractivity contribution in [2.45, 2.75) is 33.1 Å². The third-order valence-corrected chi connectivity index (χ3v) is 8.17. The molecule has 0 bridgehead atoms. The van der Waals surface area contributed by atoms with E-state index >= 15 is 0 Å². The number of rotatable bonds is 9. The average molecular weight is 591 g/mol. The fourth-order valence-corrected chi connectivity index (χ4v) is 6.28. The molecule has 8 nitrogen and oxygen atoms in total. The van der Waals surface area contributed by atoms with Crippen molar-refractivity contribution in [3.8, 4) is 12.1 Å². The summed E-state index contributed by atoms with van der Waals surface area (Å²) >= 11 is 0. The first-order valence-electron chi connectivity index (χ1n) is 15.0. The lowest BCUT2D eigenvalue weighted by Crippen LogP contribution is -2.47. The summed E-state index contributed by atoms with van der Waals surface area (Å²) in [5.74, 6) is -0.414. The topological polar surface area (TPSA) is 94.7 Å². The molecule has 8 heteroatoms. The third kappa shape index (κ3) is 7.90. The van der Waals surface area contributed by atoms with Gasteiger partial charge in [-0.2, -0.15) is 10.5 Å². The zero-order valence-corrected chi connectivity index (χ0v) is 26.6. The molecule has 1 heterocycles. The van der Waals surface area contributed by atoms with Crippen LogP contribution in [0.1, 0.15) is 46.2 Å². The van der Waals surface area contributed by atoms with Gasteiger partial charge in [-0.25, -0.2) is 9.69 Å². The van der Waals surface area contributed by atoms with Crippen molar-refractivity contribution in [3.63, 3.8) is 0 Å². The Kier molecular flexibility index (Phi) is 10.5. The first kappa shape index (κ1) is 32.4. The second-order valence-corrected chi connectivity index (χ2v) is 12.5. The molecule has 3 atom stereocenters. The molecule has 0 N–H and O–H groups in total. The molecule has 0 saturated carbocycles. The molecule has 228 valence electrons. The van der Waals surface area contributed by atoms with Crippen LogP contribution < -0.4 is 4.90 Å². The zero-order valence-electron chi connectivity index (χ0n) is 26.6. The molecule has 0 unspecified atom stereocenters. The van der Waals surface area contributed by atoms with E-state index in [1.165, 1.54) is 15.4 Å². The largest absolute Gasteiger partial charge is 0.330 e. The van der Waals surface area contributed by atoms with E-state index in [1.807, 2.05) is 68.4 Å². The van der Waals surface area contributed by atoms with Crippen LogP contribution in [0.2, 0.25) is 0 Å². The summed E-state index contributed by atoms with van der Waals surface area (Å²) in [6, 6.07) is 25.0. The van der Waals surface area contributed by atoms with Crippen molar-refractivity contribution in [2.75, 3.05) is 52.3 Å². The number of imide groups is 1. The smallest absolute Gasteiger partial charge is 0.330 e. The SMILES string of the molecule is Cc1cc(C)cc(N(C(=O)[C@H]2CN(CN(C)C[C@H](C)Cc3ccc(C#N)cc3)C[C@H]2c2ccc(C#N)cc2)C(=O)N(C)C)c1. The van der Waals surface area contributed by atoms with Gasteiger partial charge < -0.3 is 4.90 Å². The number of likely N-dealkylation sites (tertiary alicyclic amines) is 1. The number of carbonyl (C=O) groups excluding carboxylic acids is 2. The van der Waals surface area contributed by atoms with Gasteiger partial charge >= 0.3 is 6.03 Å². The highest BCUT2D eigenvalue weighted by atomic mass is 16.2. The van der Waals surface area contributed by atoms with E-state index in [0.29, 0.717) is 42.5 Å². The summed E-state index contributed by atoms with van der Waals surface area (Å²) < 4.78 is 0. The molecule has 44 heavy (non-hydrogen) atoms. The van der Waals surface area contributed by atoms with E-state index in [4.69, 9.17) is 5.26 Å². The number of carbonyl (C=O) groups is 2. The monoisotopic (exact) mass is 590 g/mol. The minimum atomic E-state index is -0.447. The van der Waals surface area contributed by atoms with Crippen molar-refractivity contribution in [1.29, 1.82) is 10.5 Å². The van der Waals surface area contributed by atoms with Crippen molar-refractivity contribution >= 4 is 17.6 Å². The maximum absolute atomic E-state index is 14.4. The van der Waals surface area contributed by atoms with Crippen LogP contribution in [0, 0.1) is 48.3 Å². The number of amides is 3. The lowest BCUT2D eigenvalue weighted by Gasteiger charge is -2.29. The van der Waals surface area contributed by atoms with E-state index in [0.717, 1.165) is 29.7 Å². The summed E-state index contributed by atoms with van der Waals surface area (Å²) in [5, 5.41) is 18.4. The lowest BCUT2D eigenvalue weighted by molar-refractivity contribution is -0.121. The number of urea groups is 1. The zero-order chi connectivity index (χ0) is 32.0. The van der Waals surface area contributed by atoms with Crippen LogP contribution in [0.4, 0.5) is 10.5 Å². The maximum Gasteiger partial charge on any atom is 0.330 e. The summed E-state index contributed by atoms with van der Waals surface area (Å²) in [5.41, 5.74) is 5.97. The average Bonchev–Trinajstić information content (AvgIpc) is 3.40. The van der Waals surface area contributed by atoms with Crippen LogP contribution in [-0.2, 0) is 11.2 Å². The van der Waals surface area contributed by atoms with Crippen LogP contribution >= 0.6 is 0 Å². The molecule has 1 aliphatic heterocycles. The normalized spacial score (nSPS) is 17.1. The van der Waals surface area contributed by atoms with E-state index in [-0.39, 0.29) is 17.9 Å². The lowest BCUT2D eigenvalue weighted by atomic mass is 9.87. The second kappa shape index (κ2) is 14.3. The number of benzene rings is 3. The number of anilines is 1. The summed E-state index contributed by atoms with van der Waals surface area (Å²) in [6.45, 7) is 8.87. The van der Waals surface area contributed by atoms with Gasteiger partial charge in [0.25, 0.3) is 0 Å². The molecule has 1 saturated heterocycles. The quantitative estimate of drug-likeness (QED) is 0.325. The van der Waals surface area contributed by atoms with E-state index in [1.54, 1.807) is 26.2 Å². The van der Waals surface area contributed by atoms with Gasteiger partial charge in [0.2, 0.25) is 5.91 Å². The molecule has 3 aromatic carbocycles. The Labute approximate surface area is 261 Å². The highest BCUT2D eigenvalue weighted by Crippen LogP contribution is 2.36. The molecule has 0 spiro atoms. The van der Waals surface area contributed by atoms with Crippen molar-refractivity contribution in [2.24, 2.45) is 11.8 Å². The summed E-state index contributed by atoms with van der Waals surface area (Å²) in [7, 11) is 5.43. The summed E-state index contributed by atoms with van der Waals surface area (Å²) in [4.78, 5) is 35.3. The van der Waals surface area contributed by atoms with Crippen LogP contribution in [0.5, 0.6) is 0 Å². The Morgan fingerprint density at radius 2 is 1.45 bits per heavy atom. The first-order valence-corrected chi connectivity index (χ1v) is 15.0. The first-order chi connectivity index (χ1) is 21.0. The van der Waals surface area contributed by atoms with Crippen molar-refractivity contribution in [1.82, 2.24) is 14.7 Å². The molecular weight excluding hydrogens is 548 g/mol. The van der Waals surface area contributed by atoms with Gasteiger partial charge in [0.05, 0.1) is 41.5 Å². The van der Waals surface area contributed by atoms with Crippen molar-refractivity contribution < 1.29 is 9.59 Å². The number of nitrogens with zero attached hydrogens (tertiary/aromatic N) is 6. The Morgan fingerprint density at radius 1 is 0.886 bits per heavy atom. The Balaban J connectivity index is 1.56.